The van der Waals surface area contributed by atoms with Crippen molar-refractivity contribution in [1.82, 2.24) is 5.32 Å². The van der Waals surface area contributed by atoms with Gasteiger partial charge in [0.25, 0.3) is 0 Å². The lowest BCUT2D eigenvalue weighted by Crippen LogP contribution is -2.29. The molecule has 0 aliphatic rings. The Bertz CT molecular complexity index is 389. The first kappa shape index (κ1) is 12.0. The van der Waals surface area contributed by atoms with Crippen molar-refractivity contribution in [3.8, 4) is 0 Å². The molecule has 0 radical (unpaired) electrons. The minimum Gasteiger partial charge on any atom is -0.384 e. The topological polar surface area (TPSA) is 91.0 Å². The first-order valence-electron chi connectivity index (χ1n) is 5.12. The van der Waals surface area contributed by atoms with E-state index in [0.717, 1.165) is 6.42 Å². The minimum atomic E-state index is -0.248. The van der Waals surface area contributed by atoms with Crippen molar-refractivity contribution in [2.45, 2.75) is 13.3 Å². The number of nitrogens with two attached hydrogens (primary N) is 1. The Balaban J connectivity index is 2.63. The molecule has 0 unspecified atom stereocenters. The monoisotopic (exact) mass is 220 g/mol. The summed E-state index contributed by atoms with van der Waals surface area (Å²) in [6, 6.07) is 6.62. The van der Waals surface area contributed by atoms with Gasteiger partial charge >= 0.3 is 6.03 Å². The fourth-order valence-electron chi connectivity index (χ4n) is 1.18. The second-order valence-corrected chi connectivity index (χ2v) is 3.38. The molecule has 1 aromatic rings. The number of urea groups is 1. The van der Waals surface area contributed by atoms with Crippen molar-refractivity contribution < 1.29 is 4.79 Å². The number of nitrogens with one attached hydrogen (secondary N) is 3. The van der Waals surface area contributed by atoms with Crippen molar-refractivity contribution in [1.29, 1.82) is 5.41 Å². The van der Waals surface area contributed by atoms with Crippen LogP contribution >= 0.6 is 0 Å². The number of benzene rings is 1. The highest BCUT2D eigenvalue weighted by atomic mass is 16.2. The lowest BCUT2D eigenvalue weighted by molar-refractivity contribution is 0.252. The predicted molar refractivity (Wildman–Crippen MR) is 64.8 cm³/mol. The Morgan fingerprint density at radius 3 is 2.88 bits per heavy atom. The third-order valence-electron chi connectivity index (χ3n) is 1.97. The van der Waals surface area contributed by atoms with Crippen LogP contribution in [0.5, 0.6) is 0 Å². The van der Waals surface area contributed by atoms with E-state index in [1.807, 2.05) is 6.92 Å². The van der Waals surface area contributed by atoms with Gasteiger partial charge in [0.2, 0.25) is 0 Å². The number of hydrogen-bond acceptors (Lipinski definition) is 2. The molecule has 0 aliphatic heterocycles. The molecule has 5 N–H and O–H groups in total. The van der Waals surface area contributed by atoms with Gasteiger partial charge in [-0.1, -0.05) is 19.1 Å². The maximum Gasteiger partial charge on any atom is 0.319 e. The highest BCUT2D eigenvalue weighted by Gasteiger charge is 2.02. The summed E-state index contributed by atoms with van der Waals surface area (Å²) in [6.45, 7) is 2.62. The van der Waals surface area contributed by atoms with E-state index in [2.05, 4.69) is 10.6 Å². The predicted octanol–water partition coefficient (Wildman–Crippen LogP) is 1.50. The fraction of sp³-hybridized carbons (Fsp3) is 0.273. The average molecular weight is 220 g/mol. The van der Waals surface area contributed by atoms with E-state index in [9.17, 15) is 4.79 Å². The molecular formula is C11H16N4O. The van der Waals surface area contributed by atoms with Crippen LogP contribution in [0.1, 0.15) is 18.9 Å². The van der Waals surface area contributed by atoms with Crippen molar-refractivity contribution in [2.75, 3.05) is 11.9 Å². The summed E-state index contributed by atoms with van der Waals surface area (Å²) in [5, 5.41) is 12.6. The molecule has 2 amide bonds. The molecule has 0 heterocycles. The van der Waals surface area contributed by atoms with Gasteiger partial charge in [-0.2, -0.15) is 0 Å². The standard InChI is InChI=1S/C11H16N4O/c1-2-6-14-11(16)15-9-5-3-4-8(7-9)10(12)13/h3-5,7H,2,6H2,1H3,(H3,12,13)(H2,14,15,16). The quantitative estimate of drug-likeness (QED) is 0.457. The number of amides is 2. The number of nitrogen functional groups attached to an aromatic ring is 1. The van der Waals surface area contributed by atoms with E-state index in [1.165, 1.54) is 0 Å². The van der Waals surface area contributed by atoms with Crippen LogP contribution in [0.4, 0.5) is 10.5 Å². The maximum atomic E-state index is 11.3. The fourth-order valence-corrected chi connectivity index (χ4v) is 1.18. The minimum absolute atomic E-state index is 0.0161. The summed E-state index contributed by atoms with van der Waals surface area (Å²) in [7, 11) is 0. The molecule has 1 rings (SSSR count). The Kier molecular flexibility index (Phi) is 4.32. The zero-order valence-corrected chi connectivity index (χ0v) is 9.21. The van der Waals surface area contributed by atoms with Gasteiger partial charge in [-0.3, -0.25) is 5.41 Å². The molecule has 0 spiro atoms. The van der Waals surface area contributed by atoms with Gasteiger partial charge in [0, 0.05) is 17.8 Å². The van der Waals surface area contributed by atoms with Crippen LogP contribution < -0.4 is 16.4 Å². The molecule has 0 atom stereocenters. The van der Waals surface area contributed by atoms with Crippen LogP contribution in [0.3, 0.4) is 0 Å². The van der Waals surface area contributed by atoms with Gasteiger partial charge in [0.1, 0.15) is 5.84 Å². The third kappa shape index (κ3) is 3.61. The highest BCUT2D eigenvalue weighted by molar-refractivity contribution is 5.97. The second kappa shape index (κ2) is 5.75. The molecule has 0 aromatic heterocycles. The molecule has 0 saturated carbocycles. The van der Waals surface area contributed by atoms with Crippen molar-refractivity contribution in [2.24, 2.45) is 5.73 Å². The van der Waals surface area contributed by atoms with Crippen LogP contribution in [0.15, 0.2) is 24.3 Å². The molecule has 16 heavy (non-hydrogen) atoms. The second-order valence-electron chi connectivity index (χ2n) is 3.38. The molecule has 0 saturated heterocycles. The molecule has 5 nitrogen and oxygen atoms in total. The Hall–Kier alpha value is -2.04. The van der Waals surface area contributed by atoms with Gasteiger partial charge in [-0.15, -0.1) is 0 Å². The van der Waals surface area contributed by atoms with Gasteiger partial charge in [-0.05, 0) is 18.6 Å². The third-order valence-corrected chi connectivity index (χ3v) is 1.97. The van der Waals surface area contributed by atoms with E-state index in [1.54, 1.807) is 24.3 Å². The summed E-state index contributed by atoms with van der Waals surface area (Å²) in [6.07, 6.45) is 0.890. The van der Waals surface area contributed by atoms with Crippen LogP contribution in [-0.2, 0) is 0 Å². The summed E-state index contributed by atoms with van der Waals surface area (Å²) in [5.41, 5.74) is 6.57. The van der Waals surface area contributed by atoms with E-state index >= 15 is 0 Å². The maximum absolute atomic E-state index is 11.3. The molecular weight excluding hydrogens is 204 g/mol. The van der Waals surface area contributed by atoms with Gasteiger partial charge < -0.3 is 16.4 Å². The molecule has 86 valence electrons. The zero-order valence-electron chi connectivity index (χ0n) is 9.21. The number of amidine groups is 1. The zero-order chi connectivity index (χ0) is 12.0. The lowest BCUT2D eigenvalue weighted by Gasteiger charge is -2.07. The summed E-state index contributed by atoms with van der Waals surface area (Å²) >= 11 is 0. The smallest absolute Gasteiger partial charge is 0.319 e. The molecule has 5 heteroatoms. The van der Waals surface area contributed by atoms with Crippen LogP contribution in [0.2, 0.25) is 0 Å². The number of carbonyl (C=O) groups excluding carboxylic acids is 1. The number of hydrogen-bond donors (Lipinski definition) is 4. The Morgan fingerprint density at radius 1 is 1.50 bits per heavy atom. The Labute approximate surface area is 94.5 Å². The molecule has 1 aromatic carbocycles. The van der Waals surface area contributed by atoms with E-state index in [4.69, 9.17) is 11.1 Å². The highest BCUT2D eigenvalue weighted by Crippen LogP contribution is 2.09. The molecule has 0 fully saturated rings. The van der Waals surface area contributed by atoms with Crippen molar-refractivity contribution in [3.05, 3.63) is 29.8 Å². The van der Waals surface area contributed by atoms with Crippen LogP contribution in [0, 0.1) is 5.41 Å². The summed E-state index contributed by atoms with van der Waals surface area (Å²) < 4.78 is 0. The first-order valence-corrected chi connectivity index (χ1v) is 5.12. The van der Waals surface area contributed by atoms with Gasteiger partial charge in [0.05, 0.1) is 0 Å². The largest absolute Gasteiger partial charge is 0.384 e. The van der Waals surface area contributed by atoms with Crippen molar-refractivity contribution in [3.63, 3.8) is 0 Å². The lowest BCUT2D eigenvalue weighted by atomic mass is 10.2. The summed E-state index contributed by atoms with van der Waals surface area (Å²) in [5.74, 6) is -0.0161. The number of rotatable bonds is 4. The van der Waals surface area contributed by atoms with Gasteiger partial charge in [-0.25, -0.2) is 4.79 Å². The number of anilines is 1. The Morgan fingerprint density at radius 2 is 2.25 bits per heavy atom. The number of carbonyl (C=O) groups is 1. The van der Waals surface area contributed by atoms with E-state index in [-0.39, 0.29) is 11.9 Å². The average Bonchev–Trinajstić information content (AvgIpc) is 2.26. The first-order chi connectivity index (χ1) is 7.63. The summed E-state index contributed by atoms with van der Waals surface area (Å²) in [4.78, 5) is 11.3. The van der Waals surface area contributed by atoms with Gasteiger partial charge in [0.15, 0.2) is 0 Å². The molecule has 0 aliphatic carbocycles. The molecule has 0 bridgehead atoms. The van der Waals surface area contributed by atoms with Crippen LogP contribution in [-0.4, -0.2) is 18.4 Å². The normalized spacial score (nSPS) is 9.56. The van der Waals surface area contributed by atoms with Crippen molar-refractivity contribution >= 4 is 17.6 Å². The van der Waals surface area contributed by atoms with E-state index in [0.29, 0.717) is 17.8 Å². The van der Waals surface area contributed by atoms with Crippen LogP contribution in [0.25, 0.3) is 0 Å². The van der Waals surface area contributed by atoms with E-state index < -0.39 is 0 Å². The SMILES string of the molecule is CCCNC(=O)Nc1cccc(C(=N)N)c1.